The molecule has 12 heavy (non-hydrogen) atoms. The van der Waals surface area contributed by atoms with Crippen molar-refractivity contribution in [3.05, 3.63) is 22.7 Å². The molecule has 2 N–H and O–H groups in total. The zero-order chi connectivity index (χ0) is 8.97. The van der Waals surface area contributed by atoms with Crippen LogP contribution in [0.15, 0.2) is 12.8 Å². The summed E-state index contributed by atoms with van der Waals surface area (Å²) < 4.78 is 5.22. The van der Waals surface area contributed by atoms with Crippen molar-refractivity contribution in [2.24, 2.45) is 5.73 Å². The first-order chi connectivity index (χ1) is 5.77. The van der Waals surface area contributed by atoms with Crippen LogP contribution in [0.25, 0.3) is 5.76 Å². The fourth-order valence-corrected chi connectivity index (χ4v) is 1.50. The standard InChI is InChI=1S/C8H12N2OS/c1-3-11-6(2)7-5-10-8(4-9)12-7/h5H,2-4,9H2,1H3. The number of nitrogens with zero attached hydrogens (tertiary/aromatic N) is 1. The molecule has 0 fully saturated rings. The highest BCUT2D eigenvalue weighted by atomic mass is 32.1. The summed E-state index contributed by atoms with van der Waals surface area (Å²) in [6.07, 6.45) is 1.74. The topological polar surface area (TPSA) is 48.1 Å². The minimum absolute atomic E-state index is 0.476. The molecule has 3 nitrogen and oxygen atoms in total. The van der Waals surface area contributed by atoms with Gasteiger partial charge in [-0.2, -0.15) is 0 Å². The van der Waals surface area contributed by atoms with E-state index in [0.29, 0.717) is 18.9 Å². The number of ether oxygens (including phenoxy) is 1. The smallest absolute Gasteiger partial charge is 0.130 e. The lowest BCUT2D eigenvalue weighted by Gasteiger charge is -2.01. The molecule has 0 unspecified atom stereocenters. The SMILES string of the molecule is C=C(OCC)c1cnc(CN)s1. The number of rotatable bonds is 4. The van der Waals surface area contributed by atoms with Gasteiger partial charge in [-0.3, -0.25) is 0 Å². The van der Waals surface area contributed by atoms with Crippen LogP contribution in [0.2, 0.25) is 0 Å². The largest absolute Gasteiger partial charge is 0.493 e. The second-order valence-corrected chi connectivity index (χ2v) is 3.29. The average molecular weight is 184 g/mol. The Bertz CT molecular complexity index is 270. The first-order valence-corrected chi connectivity index (χ1v) is 4.56. The lowest BCUT2D eigenvalue weighted by Crippen LogP contribution is -1.93. The fourth-order valence-electron chi connectivity index (χ4n) is 0.779. The molecule has 0 aromatic carbocycles. The monoisotopic (exact) mass is 184 g/mol. The Labute approximate surface area is 75.9 Å². The normalized spacial score (nSPS) is 9.83. The highest BCUT2D eigenvalue weighted by Crippen LogP contribution is 2.20. The summed E-state index contributed by atoms with van der Waals surface area (Å²) in [5, 5.41) is 0.908. The molecule has 4 heteroatoms. The lowest BCUT2D eigenvalue weighted by atomic mass is 10.5. The van der Waals surface area contributed by atoms with Crippen LogP contribution in [-0.4, -0.2) is 11.6 Å². The van der Waals surface area contributed by atoms with Crippen molar-refractivity contribution in [2.75, 3.05) is 6.61 Å². The quantitative estimate of drug-likeness (QED) is 0.723. The minimum atomic E-state index is 0.476. The van der Waals surface area contributed by atoms with Gasteiger partial charge in [0.2, 0.25) is 0 Å². The van der Waals surface area contributed by atoms with E-state index in [4.69, 9.17) is 10.5 Å². The van der Waals surface area contributed by atoms with Crippen LogP contribution in [0, 0.1) is 0 Å². The van der Waals surface area contributed by atoms with Gasteiger partial charge in [-0.15, -0.1) is 11.3 Å². The summed E-state index contributed by atoms with van der Waals surface area (Å²) in [5.41, 5.74) is 5.41. The maximum atomic E-state index is 5.41. The summed E-state index contributed by atoms with van der Waals surface area (Å²) in [4.78, 5) is 5.05. The van der Waals surface area contributed by atoms with Gasteiger partial charge in [0.25, 0.3) is 0 Å². The van der Waals surface area contributed by atoms with E-state index in [2.05, 4.69) is 11.6 Å². The zero-order valence-electron chi connectivity index (χ0n) is 7.04. The van der Waals surface area contributed by atoms with Crippen molar-refractivity contribution in [3.8, 4) is 0 Å². The molecular weight excluding hydrogens is 172 g/mol. The molecule has 0 aliphatic rings. The Morgan fingerprint density at radius 1 is 1.83 bits per heavy atom. The van der Waals surface area contributed by atoms with Gasteiger partial charge in [0.1, 0.15) is 10.8 Å². The van der Waals surface area contributed by atoms with Crippen molar-refractivity contribution in [2.45, 2.75) is 13.5 Å². The first kappa shape index (κ1) is 9.22. The number of hydrogen-bond acceptors (Lipinski definition) is 4. The fraction of sp³-hybridized carbons (Fsp3) is 0.375. The highest BCUT2D eigenvalue weighted by Gasteiger charge is 2.03. The van der Waals surface area contributed by atoms with E-state index in [0.717, 1.165) is 9.88 Å². The van der Waals surface area contributed by atoms with Crippen LogP contribution in [0.5, 0.6) is 0 Å². The molecule has 1 aromatic heterocycles. The van der Waals surface area contributed by atoms with E-state index in [1.807, 2.05) is 6.92 Å². The minimum Gasteiger partial charge on any atom is -0.493 e. The molecule has 0 saturated carbocycles. The van der Waals surface area contributed by atoms with Crippen LogP contribution in [-0.2, 0) is 11.3 Å². The van der Waals surface area contributed by atoms with E-state index in [1.165, 1.54) is 11.3 Å². The second kappa shape index (κ2) is 4.23. The maximum absolute atomic E-state index is 5.41. The van der Waals surface area contributed by atoms with Crippen molar-refractivity contribution in [1.29, 1.82) is 0 Å². The molecule has 0 amide bonds. The Morgan fingerprint density at radius 2 is 2.58 bits per heavy atom. The third-order valence-electron chi connectivity index (χ3n) is 1.32. The Hall–Kier alpha value is -0.870. The maximum Gasteiger partial charge on any atom is 0.130 e. The molecule has 1 aromatic rings. The summed E-state index contributed by atoms with van der Waals surface area (Å²) in [7, 11) is 0. The van der Waals surface area contributed by atoms with Crippen molar-refractivity contribution in [3.63, 3.8) is 0 Å². The number of nitrogens with two attached hydrogens (primary N) is 1. The van der Waals surface area contributed by atoms with Gasteiger partial charge in [0.15, 0.2) is 0 Å². The molecule has 1 rings (SSSR count). The molecule has 0 aliphatic heterocycles. The highest BCUT2D eigenvalue weighted by molar-refractivity contribution is 7.12. The molecule has 0 saturated heterocycles. The van der Waals surface area contributed by atoms with Crippen LogP contribution in [0.1, 0.15) is 16.8 Å². The Morgan fingerprint density at radius 3 is 3.08 bits per heavy atom. The first-order valence-electron chi connectivity index (χ1n) is 3.74. The predicted molar refractivity (Wildman–Crippen MR) is 50.7 cm³/mol. The molecule has 0 atom stereocenters. The average Bonchev–Trinajstić information content (AvgIpc) is 2.52. The summed E-state index contributed by atoms with van der Waals surface area (Å²) >= 11 is 1.52. The van der Waals surface area contributed by atoms with Gasteiger partial charge in [0, 0.05) is 12.7 Å². The molecule has 0 radical (unpaired) electrons. The Kier molecular flexibility index (Phi) is 3.25. The zero-order valence-corrected chi connectivity index (χ0v) is 7.86. The van der Waals surface area contributed by atoms with Crippen molar-refractivity contribution < 1.29 is 4.74 Å². The third-order valence-corrected chi connectivity index (χ3v) is 2.38. The lowest BCUT2D eigenvalue weighted by molar-refractivity contribution is 0.300. The summed E-state index contributed by atoms with van der Waals surface area (Å²) in [6.45, 7) is 6.81. The Balaban J connectivity index is 2.68. The summed E-state index contributed by atoms with van der Waals surface area (Å²) in [6, 6.07) is 0. The van der Waals surface area contributed by atoms with Gasteiger partial charge in [-0.1, -0.05) is 6.58 Å². The third kappa shape index (κ3) is 2.06. The molecule has 0 bridgehead atoms. The van der Waals surface area contributed by atoms with Gasteiger partial charge in [-0.05, 0) is 6.92 Å². The van der Waals surface area contributed by atoms with Gasteiger partial charge in [0.05, 0.1) is 11.5 Å². The van der Waals surface area contributed by atoms with Crippen LogP contribution in [0.4, 0.5) is 0 Å². The number of thiazole rings is 1. The molecule has 66 valence electrons. The van der Waals surface area contributed by atoms with Crippen LogP contribution < -0.4 is 5.73 Å². The number of hydrogen-bond donors (Lipinski definition) is 1. The second-order valence-electron chi connectivity index (χ2n) is 2.18. The van der Waals surface area contributed by atoms with Gasteiger partial charge < -0.3 is 10.5 Å². The predicted octanol–water partition coefficient (Wildman–Crippen LogP) is 1.61. The van der Waals surface area contributed by atoms with E-state index in [1.54, 1.807) is 6.20 Å². The molecule has 0 aliphatic carbocycles. The van der Waals surface area contributed by atoms with E-state index in [-0.39, 0.29) is 0 Å². The van der Waals surface area contributed by atoms with Crippen molar-refractivity contribution in [1.82, 2.24) is 4.98 Å². The van der Waals surface area contributed by atoms with Crippen molar-refractivity contribution >= 4 is 17.1 Å². The molecule has 1 heterocycles. The summed E-state index contributed by atoms with van der Waals surface area (Å²) in [5.74, 6) is 0.676. The van der Waals surface area contributed by atoms with Crippen LogP contribution >= 0.6 is 11.3 Å². The van der Waals surface area contributed by atoms with Gasteiger partial charge >= 0.3 is 0 Å². The van der Waals surface area contributed by atoms with E-state index in [9.17, 15) is 0 Å². The van der Waals surface area contributed by atoms with E-state index >= 15 is 0 Å². The van der Waals surface area contributed by atoms with Gasteiger partial charge in [-0.25, -0.2) is 4.98 Å². The molecular formula is C8H12N2OS. The van der Waals surface area contributed by atoms with Crippen LogP contribution in [0.3, 0.4) is 0 Å². The van der Waals surface area contributed by atoms with E-state index < -0.39 is 0 Å². The number of aromatic nitrogens is 1. The molecule has 0 spiro atoms.